The smallest absolute Gasteiger partial charge is 0.384 e. The van der Waals surface area contributed by atoms with Gasteiger partial charge in [0.05, 0.1) is 5.02 Å². The van der Waals surface area contributed by atoms with Crippen LogP contribution in [0.1, 0.15) is 45.4 Å². The summed E-state index contributed by atoms with van der Waals surface area (Å²) in [6.07, 6.45) is 3.07. The van der Waals surface area contributed by atoms with E-state index in [1.54, 1.807) is 12.3 Å². The number of nitrogens with one attached hydrogen (secondary N) is 1. The Kier molecular flexibility index (Phi) is 6.56. The molecule has 0 unspecified atom stereocenters. The van der Waals surface area contributed by atoms with Crippen molar-refractivity contribution in [1.29, 1.82) is 0 Å². The van der Waals surface area contributed by atoms with Crippen LogP contribution in [0.3, 0.4) is 0 Å². The van der Waals surface area contributed by atoms with Crippen molar-refractivity contribution in [2.75, 3.05) is 11.4 Å². The van der Waals surface area contributed by atoms with Crippen LogP contribution in [-0.2, 0) is 6.54 Å². The topological polar surface area (TPSA) is 119 Å². The summed E-state index contributed by atoms with van der Waals surface area (Å²) in [5, 5.41) is 6.37. The van der Waals surface area contributed by atoms with Gasteiger partial charge in [0.15, 0.2) is 5.65 Å². The van der Waals surface area contributed by atoms with Crippen molar-refractivity contribution < 1.29 is 17.6 Å². The van der Waals surface area contributed by atoms with E-state index in [0.717, 1.165) is 25.7 Å². The summed E-state index contributed by atoms with van der Waals surface area (Å²) in [7, 11) is 0. The maximum absolute atomic E-state index is 14.1. The zero-order valence-electron chi connectivity index (χ0n) is 21.1. The van der Waals surface area contributed by atoms with Crippen LogP contribution in [0.25, 0.3) is 34.1 Å². The third kappa shape index (κ3) is 4.99. The van der Waals surface area contributed by atoms with Crippen LogP contribution >= 0.6 is 11.6 Å². The number of anilines is 1. The Morgan fingerprint density at radius 1 is 1.13 bits per heavy atom. The monoisotopic (exact) mass is 562 g/mol. The molecule has 206 valence electrons. The maximum Gasteiger partial charge on any atom is 0.434 e. The second kappa shape index (κ2) is 9.92. The van der Waals surface area contributed by atoms with Crippen LogP contribution in [0.2, 0.25) is 5.02 Å². The Balaban J connectivity index is 1.59. The van der Waals surface area contributed by atoms with Crippen molar-refractivity contribution in [2.45, 2.75) is 64.2 Å². The number of alkyl halides is 3. The molecule has 0 radical (unpaired) electrons. The van der Waals surface area contributed by atoms with E-state index in [-0.39, 0.29) is 42.2 Å². The molecular weight excluding hydrogens is 537 g/mol. The maximum atomic E-state index is 14.1. The van der Waals surface area contributed by atoms with Crippen LogP contribution < -0.4 is 10.7 Å². The average Bonchev–Trinajstić information content (AvgIpc) is 3.63. The minimum Gasteiger partial charge on any atom is -0.384 e. The van der Waals surface area contributed by atoms with Gasteiger partial charge in [-0.2, -0.15) is 18.2 Å². The molecule has 1 N–H and O–H groups in total. The second-order valence-electron chi connectivity index (χ2n) is 10.4. The number of aromatic amines is 1. The van der Waals surface area contributed by atoms with Gasteiger partial charge in [0, 0.05) is 31.0 Å². The Hall–Kier alpha value is -3.48. The summed E-state index contributed by atoms with van der Waals surface area (Å²) in [5.41, 5.74) is 1.53. The van der Waals surface area contributed by atoms with Crippen LogP contribution in [0, 0.1) is 11.8 Å². The number of hydrogen-bond donors (Lipinski definition) is 1. The lowest BCUT2D eigenvalue weighted by atomic mass is 9.83. The normalized spacial score (nSPS) is 22.2. The van der Waals surface area contributed by atoms with Gasteiger partial charge in [0.25, 0.3) is 5.89 Å². The van der Waals surface area contributed by atoms with Crippen molar-refractivity contribution in [3.8, 4) is 23.0 Å². The highest BCUT2D eigenvalue weighted by Crippen LogP contribution is 2.40. The first kappa shape index (κ1) is 25.8. The number of halogens is 4. The summed E-state index contributed by atoms with van der Waals surface area (Å²) in [4.78, 5) is 31.0. The molecule has 1 aliphatic heterocycles. The fraction of sp³-hybridized carbons (Fsp3) is 0.520. The highest BCUT2D eigenvalue weighted by molar-refractivity contribution is 6.30. The number of pyridine rings is 1. The van der Waals surface area contributed by atoms with Crippen LogP contribution in [0.15, 0.2) is 27.7 Å². The molecular formula is C25H26ClF3N8O2. The summed E-state index contributed by atoms with van der Waals surface area (Å²) in [6, 6.07) is 0.0154. The van der Waals surface area contributed by atoms with E-state index >= 15 is 0 Å². The molecule has 1 saturated carbocycles. The number of aromatic nitrogens is 7. The molecule has 2 fully saturated rings. The molecule has 0 bridgehead atoms. The lowest BCUT2D eigenvalue weighted by molar-refractivity contribution is -0.146. The van der Waals surface area contributed by atoms with Crippen LogP contribution in [-0.4, -0.2) is 53.5 Å². The van der Waals surface area contributed by atoms with E-state index in [2.05, 4.69) is 37.1 Å². The Morgan fingerprint density at radius 2 is 1.92 bits per heavy atom. The predicted molar refractivity (Wildman–Crippen MR) is 137 cm³/mol. The van der Waals surface area contributed by atoms with Crippen molar-refractivity contribution in [2.24, 2.45) is 11.8 Å². The first-order chi connectivity index (χ1) is 18.7. The Morgan fingerprint density at radius 3 is 2.62 bits per heavy atom. The van der Waals surface area contributed by atoms with Crippen LogP contribution in [0.4, 0.5) is 19.1 Å². The molecule has 4 aromatic rings. The molecule has 1 saturated heterocycles. The van der Waals surface area contributed by atoms with Gasteiger partial charge in [-0.15, -0.1) is 5.10 Å². The summed E-state index contributed by atoms with van der Waals surface area (Å²) < 4.78 is 49.1. The van der Waals surface area contributed by atoms with Gasteiger partial charge < -0.3 is 13.9 Å². The molecule has 14 heteroatoms. The molecule has 39 heavy (non-hydrogen) atoms. The van der Waals surface area contributed by atoms with E-state index in [9.17, 15) is 18.0 Å². The summed E-state index contributed by atoms with van der Waals surface area (Å²) in [5.74, 6) is 0.101. The third-order valence-corrected chi connectivity index (χ3v) is 7.86. The van der Waals surface area contributed by atoms with Crippen molar-refractivity contribution >= 4 is 28.7 Å². The number of nitrogens with zero attached hydrogens (tertiary/aromatic N) is 7. The van der Waals surface area contributed by atoms with E-state index in [4.69, 9.17) is 16.0 Å². The molecule has 2 aliphatic rings. The molecule has 10 nitrogen and oxygen atoms in total. The van der Waals surface area contributed by atoms with E-state index in [1.165, 1.54) is 11.1 Å². The third-order valence-electron chi connectivity index (χ3n) is 7.65. The van der Waals surface area contributed by atoms with E-state index < -0.39 is 18.0 Å². The zero-order chi connectivity index (χ0) is 27.3. The second-order valence-corrected chi connectivity index (χ2v) is 10.9. The first-order valence-corrected chi connectivity index (χ1v) is 13.3. The molecule has 1 aliphatic carbocycles. The highest BCUT2D eigenvalue weighted by atomic mass is 35.5. The number of fused-ring (bicyclic) bond motifs is 1. The number of H-pyrrole nitrogens is 1. The predicted octanol–water partition coefficient (Wildman–Crippen LogP) is 5.24. The molecule has 0 aromatic carbocycles. The quantitative estimate of drug-likeness (QED) is 0.351. The fourth-order valence-electron chi connectivity index (χ4n) is 5.70. The summed E-state index contributed by atoms with van der Waals surface area (Å²) in [6.45, 7) is 2.91. The zero-order valence-corrected chi connectivity index (χ0v) is 21.8. The largest absolute Gasteiger partial charge is 0.434 e. The first-order valence-electron chi connectivity index (χ1n) is 13.0. The van der Waals surface area contributed by atoms with Gasteiger partial charge in [0.1, 0.15) is 17.3 Å². The highest BCUT2D eigenvalue weighted by Gasteiger charge is 2.47. The van der Waals surface area contributed by atoms with Gasteiger partial charge >= 0.3 is 11.9 Å². The van der Waals surface area contributed by atoms with Gasteiger partial charge in [-0.1, -0.05) is 31.4 Å². The number of imidazole rings is 1. The van der Waals surface area contributed by atoms with Gasteiger partial charge in [0.2, 0.25) is 11.8 Å². The van der Waals surface area contributed by atoms with E-state index in [0.29, 0.717) is 40.7 Å². The molecule has 0 spiro atoms. The lowest BCUT2D eigenvalue weighted by Gasteiger charge is -2.31. The Bertz CT molecular complexity index is 1560. The molecule has 1 atom stereocenters. The SMILES string of the molecule is CC1CCC(Cn2c(N3CCC[C@H]3C(F)(F)F)nc3nc(-c4n[nH]c(=O)o4)nc(-c4cncc(Cl)c4)c32)CC1. The van der Waals surface area contributed by atoms with Crippen molar-refractivity contribution in [3.05, 3.63) is 34.0 Å². The minimum absolute atomic E-state index is 0.00588. The summed E-state index contributed by atoms with van der Waals surface area (Å²) >= 11 is 6.25. The van der Waals surface area contributed by atoms with Gasteiger partial charge in [-0.3, -0.25) is 4.98 Å². The number of rotatable bonds is 5. The Labute approximate surface area is 225 Å². The van der Waals surface area contributed by atoms with Gasteiger partial charge in [-0.25, -0.2) is 19.9 Å². The molecule has 4 aromatic heterocycles. The van der Waals surface area contributed by atoms with Crippen molar-refractivity contribution in [1.82, 2.24) is 34.7 Å². The van der Waals surface area contributed by atoms with Gasteiger partial charge in [-0.05, 0) is 43.6 Å². The van der Waals surface area contributed by atoms with E-state index in [1.807, 2.05) is 4.57 Å². The lowest BCUT2D eigenvalue weighted by Crippen LogP contribution is -2.42. The average molecular weight is 563 g/mol. The number of hydrogen-bond acceptors (Lipinski definition) is 8. The molecule has 6 rings (SSSR count). The standard InChI is InChI=1S/C25H26ClF3N8O2/c1-13-4-6-14(7-5-13)12-37-19-18(15-9-16(26)11-30-10-15)31-21(22-34-35-24(38)39-22)32-20(19)33-23(37)36-8-2-3-17(36)25(27,28)29/h9-11,13-14,17H,2-8,12H2,1H3,(H,35,38)/t13?,14?,17-/m0/s1. The van der Waals surface area contributed by atoms with Crippen molar-refractivity contribution in [3.63, 3.8) is 0 Å². The minimum atomic E-state index is -4.41. The molecule has 0 amide bonds. The van der Waals surface area contributed by atoms with Crippen LogP contribution in [0.5, 0.6) is 0 Å². The fourth-order valence-corrected chi connectivity index (χ4v) is 5.87. The molecule has 5 heterocycles.